The molecule has 2 aromatic carbocycles. The van der Waals surface area contributed by atoms with Gasteiger partial charge in [-0.05, 0) is 29.8 Å². The average Bonchev–Trinajstić information content (AvgIpc) is 3.12. The summed E-state index contributed by atoms with van der Waals surface area (Å²) in [6, 6.07) is 11.0. The van der Waals surface area contributed by atoms with Gasteiger partial charge in [0.05, 0.1) is 7.11 Å². The molecule has 110 valence electrons. The number of benzene rings is 2. The van der Waals surface area contributed by atoms with Crippen LogP contribution < -0.4 is 14.2 Å². The SMILES string of the molecule is COc1cccc2c1C(=O)OC2=Cc1ccc2c(c1)OCO2. The zero-order chi connectivity index (χ0) is 15.1. The molecule has 0 radical (unpaired) electrons. The second-order valence-corrected chi connectivity index (χ2v) is 4.89. The number of hydrogen-bond acceptors (Lipinski definition) is 5. The zero-order valence-corrected chi connectivity index (χ0v) is 11.8. The molecule has 4 rings (SSSR count). The van der Waals surface area contributed by atoms with Gasteiger partial charge in [0.2, 0.25) is 6.79 Å². The molecular formula is C17H12O5. The smallest absolute Gasteiger partial charge is 0.348 e. The predicted octanol–water partition coefficient (Wildman–Crippen LogP) is 3.09. The summed E-state index contributed by atoms with van der Waals surface area (Å²) in [4.78, 5) is 12.0. The minimum absolute atomic E-state index is 0.227. The third-order valence-corrected chi connectivity index (χ3v) is 3.61. The minimum Gasteiger partial charge on any atom is -0.496 e. The number of fused-ring (bicyclic) bond motifs is 2. The lowest BCUT2D eigenvalue weighted by atomic mass is 10.1. The van der Waals surface area contributed by atoms with Crippen LogP contribution in [0.4, 0.5) is 0 Å². The van der Waals surface area contributed by atoms with Crippen molar-refractivity contribution < 1.29 is 23.7 Å². The summed E-state index contributed by atoms with van der Waals surface area (Å²) in [5, 5.41) is 0. The molecule has 0 saturated carbocycles. The first kappa shape index (κ1) is 12.8. The number of carbonyl (C=O) groups excluding carboxylic acids is 1. The number of esters is 1. The molecule has 0 atom stereocenters. The first-order valence-electron chi connectivity index (χ1n) is 6.77. The lowest BCUT2D eigenvalue weighted by Crippen LogP contribution is -1.97. The second kappa shape index (κ2) is 4.80. The van der Waals surface area contributed by atoms with E-state index in [1.807, 2.05) is 30.3 Å². The molecule has 22 heavy (non-hydrogen) atoms. The van der Waals surface area contributed by atoms with E-state index in [0.29, 0.717) is 28.6 Å². The Balaban J connectivity index is 1.78. The fourth-order valence-electron chi connectivity index (χ4n) is 2.58. The Hall–Kier alpha value is -2.95. The molecule has 2 aromatic rings. The van der Waals surface area contributed by atoms with Crippen molar-refractivity contribution >= 4 is 17.8 Å². The third kappa shape index (κ3) is 1.90. The number of methoxy groups -OCH3 is 1. The standard InChI is InChI=1S/C17H12O5/c1-19-13-4-2-3-11-14(22-17(18)16(11)13)7-10-5-6-12-15(8-10)21-9-20-12/h2-8H,9H2,1H3. The van der Waals surface area contributed by atoms with Crippen molar-refractivity contribution in [1.82, 2.24) is 0 Å². The van der Waals surface area contributed by atoms with Gasteiger partial charge in [-0.2, -0.15) is 0 Å². The van der Waals surface area contributed by atoms with E-state index in [-0.39, 0.29) is 6.79 Å². The maximum atomic E-state index is 12.0. The molecule has 0 aliphatic carbocycles. The van der Waals surface area contributed by atoms with Crippen LogP contribution in [-0.2, 0) is 4.74 Å². The Morgan fingerprint density at radius 2 is 2.00 bits per heavy atom. The summed E-state index contributed by atoms with van der Waals surface area (Å²) >= 11 is 0. The van der Waals surface area contributed by atoms with Crippen molar-refractivity contribution in [1.29, 1.82) is 0 Å². The largest absolute Gasteiger partial charge is 0.496 e. The number of rotatable bonds is 2. The molecule has 0 fully saturated rings. The highest BCUT2D eigenvalue weighted by Gasteiger charge is 2.30. The van der Waals surface area contributed by atoms with E-state index in [2.05, 4.69) is 0 Å². The predicted molar refractivity (Wildman–Crippen MR) is 78.8 cm³/mol. The highest BCUT2D eigenvalue weighted by atomic mass is 16.7. The van der Waals surface area contributed by atoms with Crippen molar-refractivity contribution in [3.05, 3.63) is 53.1 Å². The molecule has 2 heterocycles. The van der Waals surface area contributed by atoms with Gasteiger partial charge in [-0.15, -0.1) is 0 Å². The molecular weight excluding hydrogens is 284 g/mol. The van der Waals surface area contributed by atoms with Gasteiger partial charge in [0.25, 0.3) is 0 Å². The van der Waals surface area contributed by atoms with E-state index in [1.54, 1.807) is 12.1 Å². The third-order valence-electron chi connectivity index (χ3n) is 3.61. The van der Waals surface area contributed by atoms with Crippen LogP contribution in [0.5, 0.6) is 17.2 Å². The fraction of sp³-hybridized carbons (Fsp3) is 0.118. The molecule has 0 bridgehead atoms. The van der Waals surface area contributed by atoms with E-state index in [4.69, 9.17) is 18.9 Å². The Bertz CT molecular complexity index is 807. The van der Waals surface area contributed by atoms with Crippen LogP contribution in [0, 0.1) is 0 Å². The van der Waals surface area contributed by atoms with Crippen LogP contribution >= 0.6 is 0 Å². The van der Waals surface area contributed by atoms with Gasteiger partial charge in [-0.1, -0.05) is 18.2 Å². The summed E-state index contributed by atoms with van der Waals surface area (Å²) in [7, 11) is 1.53. The number of carbonyl (C=O) groups is 1. The van der Waals surface area contributed by atoms with E-state index >= 15 is 0 Å². The van der Waals surface area contributed by atoms with E-state index < -0.39 is 5.97 Å². The van der Waals surface area contributed by atoms with Crippen molar-refractivity contribution in [2.75, 3.05) is 13.9 Å². The lowest BCUT2D eigenvalue weighted by molar-refractivity contribution is 0.0714. The Morgan fingerprint density at radius 3 is 2.86 bits per heavy atom. The molecule has 0 spiro atoms. The second-order valence-electron chi connectivity index (χ2n) is 4.89. The fourth-order valence-corrected chi connectivity index (χ4v) is 2.58. The van der Waals surface area contributed by atoms with Crippen LogP contribution in [0.1, 0.15) is 21.5 Å². The molecule has 5 nitrogen and oxygen atoms in total. The van der Waals surface area contributed by atoms with Crippen LogP contribution in [-0.4, -0.2) is 19.9 Å². The maximum Gasteiger partial charge on any atom is 0.348 e. The molecule has 0 N–H and O–H groups in total. The van der Waals surface area contributed by atoms with Gasteiger partial charge in [-0.3, -0.25) is 0 Å². The van der Waals surface area contributed by atoms with Crippen LogP contribution in [0.3, 0.4) is 0 Å². The van der Waals surface area contributed by atoms with Crippen molar-refractivity contribution in [3.8, 4) is 17.2 Å². The Kier molecular flexibility index (Phi) is 2.79. The van der Waals surface area contributed by atoms with E-state index in [1.165, 1.54) is 7.11 Å². The zero-order valence-electron chi connectivity index (χ0n) is 11.8. The number of ether oxygens (including phenoxy) is 4. The van der Waals surface area contributed by atoms with E-state index in [0.717, 1.165) is 11.1 Å². The molecule has 0 amide bonds. The summed E-state index contributed by atoms with van der Waals surface area (Å²) in [6.45, 7) is 0.227. The van der Waals surface area contributed by atoms with E-state index in [9.17, 15) is 4.79 Å². The summed E-state index contributed by atoms with van der Waals surface area (Å²) in [5.41, 5.74) is 2.04. The monoisotopic (exact) mass is 296 g/mol. The van der Waals surface area contributed by atoms with Crippen molar-refractivity contribution in [3.63, 3.8) is 0 Å². The molecule has 2 aliphatic rings. The topological polar surface area (TPSA) is 54.0 Å². The molecule has 0 saturated heterocycles. The highest BCUT2D eigenvalue weighted by Crippen LogP contribution is 2.38. The summed E-state index contributed by atoms with van der Waals surface area (Å²) in [5.74, 6) is 2.01. The van der Waals surface area contributed by atoms with Crippen molar-refractivity contribution in [2.45, 2.75) is 0 Å². The first-order chi connectivity index (χ1) is 10.8. The average molecular weight is 296 g/mol. The van der Waals surface area contributed by atoms with Gasteiger partial charge in [0.1, 0.15) is 17.1 Å². The quantitative estimate of drug-likeness (QED) is 0.797. The lowest BCUT2D eigenvalue weighted by Gasteiger charge is -2.03. The van der Waals surface area contributed by atoms with Crippen LogP contribution in [0.25, 0.3) is 11.8 Å². The Morgan fingerprint density at radius 1 is 1.14 bits per heavy atom. The summed E-state index contributed by atoms with van der Waals surface area (Å²) in [6.07, 6.45) is 1.80. The van der Waals surface area contributed by atoms with Gasteiger partial charge < -0.3 is 18.9 Å². The van der Waals surface area contributed by atoms with Gasteiger partial charge in [0, 0.05) is 5.56 Å². The number of cyclic esters (lactones) is 1. The highest BCUT2D eigenvalue weighted by molar-refractivity contribution is 6.07. The summed E-state index contributed by atoms with van der Waals surface area (Å²) < 4.78 is 21.2. The first-order valence-corrected chi connectivity index (χ1v) is 6.77. The molecule has 0 unspecified atom stereocenters. The van der Waals surface area contributed by atoms with Gasteiger partial charge in [0.15, 0.2) is 11.5 Å². The molecule has 2 aliphatic heterocycles. The van der Waals surface area contributed by atoms with Crippen LogP contribution in [0.2, 0.25) is 0 Å². The molecule has 5 heteroatoms. The normalized spacial score (nSPS) is 16.6. The minimum atomic E-state index is -0.403. The van der Waals surface area contributed by atoms with Gasteiger partial charge in [-0.25, -0.2) is 4.79 Å². The maximum absolute atomic E-state index is 12.0. The molecule has 0 aromatic heterocycles. The number of hydrogen-bond donors (Lipinski definition) is 0. The van der Waals surface area contributed by atoms with Crippen LogP contribution in [0.15, 0.2) is 36.4 Å². The van der Waals surface area contributed by atoms with Gasteiger partial charge >= 0.3 is 5.97 Å². The van der Waals surface area contributed by atoms with Crippen molar-refractivity contribution in [2.24, 2.45) is 0 Å². The Labute approximate surface area is 126 Å².